The summed E-state index contributed by atoms with van der Waals surface area (Å²) >= 11 is 0. The Labute approximate surface area is 202 Å². The number of benzene rings is 2. The molecule has 184 valence electrons. The minimum Gasteiger partial charge on any atom is -0.392 e. The molecule has 5 rings (SSSR count). The van der Waals surface area contributed by atoms with Gasteiger partial charge < -0.3 is 15.7 Å². The summed E-state index contributed by atoms with van der Waals surface area (Å²) < 4.78 is 40.3. The first-order valence-electron chi connectivity index (χ1n) is 12.2. The summed E-state index contributed by atoms with van der Waals surface area (Å²) in [5.74, 6) is 1.01. The Morgan fingerprint density at radius 3 is 2.51 bits per heavy atom. The molecular formula is C27H29F3N4O. The third-order valence-electron chi connectivity index (χ3n) is 6.99. The van der Waals surface area contributed by atoms with Crippen LogP contribution in [0.3, 0.4) is 0 Å². The largest absolute Gasteiger partial charge is 0.416 e. The van der Waals surface area contributed by atoms with E-state index >= 15 is 0 Å². The normalized spacial score (nSPS) is 18.3. The van der Waals surface area contributed by atoms with E-state index in [0.29, 0.717) is 48.1 Å². The summed E-state index contributed by atoms with van der Waals surface area (Å²) in [7, 11) is 0. The summed E-state index contributed by atoms with van der Waals surface area (Å²) in [5.41, 5.74) is 3.99. The Balaban J connectivity index is 1.40. The molecular weight excluding hydrogens is 453 g/mol. The second-order valence-corrected chi connectivity index (χ2v) is 9.60. The second-order valence-electron chi connectivity index (χ2n) is 9.60. The van der Waals surface area contributed by atoms with Crippen molar-refractivity contribution in [1.82, 2.24) is 9.97 Å². The minimum atomic E-state index is -4.42. The van der Waals surface area contributed by atoms with Gasteiger partial charge in [0.15, 0.2) is 0 Å². The molecule has 2 aliphatic rings. The van der Waals surface area contributed by atoms with Crippen LogP contribution in [0.25, 0.3) is 11.3 Å². The van der Waals surface area contributed by atoms with E-state index in [1.807, 2.05) is 18.2 Å². The molecule has 2 aliphatic carbocycles. The van der Waals surface area contributed by atoms with Gasteiger partial charge in [0.2, 0.25) is 0 Å². The van der Waals surface area contributed by atoms with E-state index in [4.69, 9.17) is 0 Å². The number of nitrogens with one attached hydrogen (secondary N) is 2. The summed E-state index contributed by atoms with van der Waals surface area (Å²) in [6.07, 6.45) is 3.71. The van der Waals surface area contributed by atoms with Gasteiger partial charge in [0.1, 0.15) is 12.1 Å². The highest BCUT2D eigenvalue weighted by Crippen LogP contribution is 2.36. The predicted molar refractivity (Wildman–Crippen MR) is 131 cm³/mol. The Hall–Kier alpha value is -3.13. The van der Waals surface area contributed by atoms with Gasteiger partial charge in [-0.1, -0.05) is 31.4 Å². The topological polar surface area (TPSA) is 70.1 Å². The number of hydrogen-bond acceptors (Lipinski definition) is 5. The number of rotatable bonds is 6. The molecule has 0 bridgehead atoms. The van der Waals surface area contributed by atoms with Crippen molar-refractivity contribution in [2.45, 2.75) is 57.2 Å². The number of nitrogens with zero attached hydrogens (tertiary/aromatic N) is 2. The summed E-state index contributed by atoms with van der Waals surface area (Å²) in [6.45, 7) is 0.644. The molecule has 1 atom stereocenters. The van der Waals surface area contributed by atoms with Crippen LogP contribution >= 0.6 is 0 Å². The highest BCUT2D eigenvalue weighted by molar-refractivity contribution is 5.78. The Morgan fingerprint density at radius 1 is 0.914 bits per heavy atom. The van der Waals surface area contributed by atoms with Crippen molar-refractivity contribution in [3.8, 4) is 11.3 Å². The van der Waals surface area contributed by atoms with Crippen LogP contribution in [-0.4, -0.2) is 27.7 Å². The maximum Gasteiger partial charge on any atom is 0.416 e. The van der Waals surface area contributed by atoms with E-state index < -0.39 is 11.7 Å². The Bertz CT molecular complexity index is 1190. The van der Waals surface area contributed by atoms with Gasteiger partial charge in [-0.3, -0.25) is 0 Å². The molecule has 3 aromatic rings. The highest BCUT2D eigenvalue weighted by Gasteiger charge is 2.31. The average molecular weight is 483 g/mol. The van der Waals surface area contributed by atoms with E-state index in [0.717, 1.165) is 35.7 Å². The lowest BCUT2D eigenvalue weighted by Crippen LogP contribution is -2.18. The van der Waals surface area contributed by atoms with Gasteiger partial charge in [-0.2, -0.15) is 13.2 Å². The number of fused-ring (bicyclic) bond motifs is 1. The Kier molecular flexibility index (Phi) is 6.65. The molecule has 35 heavy (non-hydrogen) atoms. The van der Waals surface area contributed by atoms with Crippen LogP contribution < -0.4 is 10.6 Å². The number of aliphatic hydroxyl groups is 1. The number of aliphatic hydroxyl groups excluding tert-OH is 1. The minimum absolute atomic E-state index is 0.342. The number of alkyl halides is 3. The number of anilines is 3. The molecule has 8 heteroatoms. The van der Waals surface area contributed by atoms with Crippen molar-refractivity contribution in [2.75, 3.05) is 17.2 Å². The first kappa shape index (κ1) is 23.6. The van der Waals surface area contributed by atoms with Crippen LogP contribution in [0.15, 0.2) is 48.8 Å². The van der Waals surface area contributed by atoms with Crippen molar-refractivity contribution in [2.24, 2.45) is 5.92 Å². The van der Waals surface area contributed by atoms with Crippen LogP contribution in [0.4, 0.5) is 30.4 Å². The van der Waals surface area contributed by atoms with Gasteiger partial charge in [0.05, 0.1) is 17.4 Å². The van der Waals surface area contributed by atoms with E-state index in [1.165, 1.54) is 37.7 Å². The van der Waals surface area contributed by atoms with Crippen LogP contribution in [0.5, 0.6) is 0 Å². The van der Waals surface area contributed by atoms with E-state index in [-0.39, 0.29) is 6.10 Å². The Morgan fingerprint density at radius 2 is 1.71 bits per heavy atom. The van der Waals surface area contributed by atoms with Gasteiger partial charge in [-0.15, -0.1) is 0 Å². The van der Waals surface area contributed by atoms with Crippen molar-refractivity contribution in [1.29, 1.82) is 0 Å². The maximum absolute atomic E-state index is 13.4. The fourth-order valence-electron chi connectivity index (χ4n) is 5.13. The van der Waals surface area contributed by atoms with Gasteiger partial charge in [0, 0.05) is 29.5 Å². The predicted octanol–water partition coefficient (Wildman–Crippen LogP) is 6.36. The van der Waals surface area contributed by atoms with Gasteiger partial charge in [0.25, 0.3) is 0 Å². The standard InChI is InChI=1S/C27H29F3N4O/c28-27(29,30)20-7-9-23(24(13-20)31-15-17-4-2-1-3-5-17)25-14-26(33-16-32-25)34-21-8-6-18-11-22(35)12-19(18)10-21/h6-10,13-14,16-17,22,31,35H,1-5,11-12,15H2,(H,32,33,34)/t22-/m1/s1. The third kappa shape index (κ3) is 5.59. The molecule has 1 aromatic heterocycles. The molecule has 0 unspecified atom stereocenters. The van der Waals surface area contributed by atoms with E-state index in [2.05, 4.69) is 20.6 Å². The van der Waals surface area contributed by atoms with Crippen molar-refractivity contribution in [3.63, 3.8) is 0 Å². The number of halogens is 3. The lowest BCUT2D eigenvalue weighted by atomic mass is 9.89. The lowest BCUT2D eigenvalue weighted by Gasteiger charge is -2.23. The number of hydrogen-bond donors (Lipinski definition) is 3. The first-order chi connectivity index (χ1) is 16.8. The molecule has 1 fully saturated rings. The van der Waals surface area contributed by atoms with Gasteiger partial charge >= 0.3 is 6.18 Å². The fraction of sp³-hybridized carbons (Fsp3) is 0.407. The van der Waals surface area contributed by atoms with Crippen LogP contribution in [0, 0.1) is 5.92 Å². The summed E-state index contributed by atoms with van der Waals surface area (Å²) in [6, 6.07) is 11.4. The summed E-state index contributed by atoms with van der Waals surface area (Å²) in [4.78, 5) is 8.66. The SMILES string of the molecule is O[C@@H]1Cc2ccc(Nc3cc(-c4ccc(C(F)(F)F)cc4NCC4CCCCC4)ncn3)cc2C1. The zero-order chi connectivity index (χ0) is 24.4. The zero-order valence-corrected chi connectivity index (χ0v) is 19.4. The summed E-state index contributed by atoms with van der Waals surface area (Å²) in [5, 5.41) is 16.5. The van der Waals surface area contributed by atoms with Crippen molar-refractivity contribution in [3.05, 3.63) is 65.5 Å². The van der Waals surface area contributed by atoms with Crippen LogP contribution in [0.2, 0.25) is 0 Å². The van der Waals surface area contributed by atoms with Crippen molar-refractivity contribution < 1.29 is 18.3 Å². The molecule has 0 radical (unpaired) electrons. The molecule has 1 heterocycles. The fourth-order valence-corrected chi connectivity index (χ4v) is 5.13. The monoisotopic (exact) mass is 482 g/mol. The smallest absolute Gasteiger partial charge is 0.392 e. The van der Waals surface area contributed by atoms with Crippen LogP contribution in [0.1, 0.15) is 48.8 Å². The molecule has 0 spiro atoms. The molecule has 2 aromatic carbocycles. The molecule has 3 N–H and O–H groups in total. The third-order valence-corrected chi connectivity index (χ3v) is 6.99. The van der Waals surface area contributed by atoms with Gasteiger partial charge in [-0.05, 0) is 67.0 Å². The highest BCUT2D eigenvalue weighted by atomic mass is 19.4. The van der Waals surface area contributed by atoms with E-state index in [9.17, 15) is 18.3 Å². The first-order valence-corrected chi connectivity index (χ1v) is 12.2. The molecule has 0 amide bonds. The van der Waals surface area contributed by atoms with Crippen LogP contribution in [-0.2, 0) is 19.0 Å². The van der Waals surface area contributed by atoms with E-state index in [1.54, 1.807) is 6.07 Å². The van der Waals surface area contributed by atoms with Crippen molar-refractivity contribution >= 4 is 17.2 Å². The quantitative estimate of drug-likeness (QED) is 0.382. The zero-order valence-electron chi connectivity index (χ0n) is 19.4. The molecule has 1 saturated carbocycles. The number of aromatic nitrogens is 2. The lowest BCUT2D eigenvalue weighted by molar-refractivity contribution is -0.137. The van der Waals surface area contributed by atoms with Gasteiger partial charge in [-0.25, -0.2) is 9.97 Å². The average Bonchev–Trinajstić information content (AvgIpc) is 3.22. The molecule has 5 nitrogen and oxygen atoms in total. The molecule has 0 saturated heterocycles. The maximum atomic E-state index is 13.4. The molecule has 0 aliphatic heterocycles. The second kappa shape index (κ2) is 9.85.